The minimum atomic E-state index is -0.911. The highest BCUT2D eigenvalue weighted by atomic mass is 35.5. The molecule has 0 saturated heterocycles. The molecule has 0 aliphatic rings. The molecule has 1 unspecified atom stereocenters. The molecule has 2 nitrogen and oxygen atoms in total. The van der Waals surface area contributed by atoms with Crippen LogP contribution in [0.2, 0.25) is 0 Å². The van der Waals surface area contributed by atoms with E-state index in [9.17, 15) is 9.18 Å². The van der Waals surface area contributed by atoms with Crippen LogP contribution in [0.4, 0.5) is 4.39 Å². The van der Waals surface area contributed by atoms with Crippen molar-refractivity contribution in [2.24, 2.45) is 5.41 Å². The number of halogens is 3. The number of hydrogen-bond donors (Lipinski definition) is 0. The average molecular weight is 217 g/mol. The van der Waals surface area contributed by atoms with E-state index in [4.69, 9.17) is 23.5 Å². The van der Waals surface area contributed by atoms with E-state index < -0.39 is 23.4 Å². The fraction of sp³-hybridized carbons (Fsp3) is 0.857. The molecule has 12 heavy (non-hydrogen) atoms. The van der Waals surface area contributed by atoms with Gasteiger partial charge in [-0.25, -0.2) is 4.79 Å². The molecule has 0 heterocycles. The van der Waals surface area contributed by atoms with Crippen molar-refractivity contribution in [3.8, 4) is 0 Å². The Morgan fingerprint density at radius 1 is 1.67 bits per heavy atom. The lowest BCUT2D eigenvalue weighted by atomic mass is 9.86. The van der Waals surface area contributed by atoms with Gasteiger partial charge in [0.15, 0.2) is 0 Å². The molecule has 72 valence electrons. The van der Waals surface area contributed by atoms with Crippen LogP contribution >= 0.6 is 23.5 Å². The van der Waals surface area contributed by atoms with Crippen molar-refractivity contribution in [1.29, 1.82) is 0 Å². The molecule has 0 spiro atoms. The van der Waals surface area contributed by atoms with Gasteiger partial charge in [0.25, 0.3) is 0 Å². The molecule has 0 aromatic rings. The van der Waals surface area contributed by atoms with E-state index >= 15 is 0 Å². The van der Waals surface area contributed by atoms with Crippen LogP contribution in [-0.4, -0.2) is 18.0 Å². The third-order valence-electron chi connectivity index (χ3n) is 1.71. The summed E-state index contributed by atoms with van der Waals surface area (Å²) in [4.78, 5) is 10.8. The Morgan fingerprint density at radius 2 is 2.17 bits per heavy atom. The Hall–Kier alpha value is -0.0200. The molecule has 1 atom stereocenters. The van der Waals surface area contributed by atoms with Gasteiger partial charge in [0, 0.05) is 0 Å². The summed E-state index contributed by atoms with van der Waals surface area (Å²) in [5.74, 6) is -0.739. The van der Waals surface area contributed by atoms with Gasteiger partial charge in [0.05, 0.1) is 6.67 Å². The quantitative estimate of drug-likeness (QED) is 0.676. The van der Waals surface area contributed by atoms with Crippen LogP contribution < -0.4 is 0 Å². The minimum absolute atomic E-state index is 0.202. The van der Waals surface area contributed by atoms with Gasteiger partial charge in [0.2, 0.25) is 0 Å². The highest BCUT2D eigenvalue weighted by Gasteiger charge is 2.34. The number of alkyl halides is 2. The summed E-state index contributed by atoms with van der Waals surface area (Å²) in [6.07, 6.45) is 0.202. The smallest absolute Gasteiger partial charge is 0.342 e. The summed E-state index contributed by atoms with van der Waals surface area (Å²) >= 11 is 10.5. The molecule has 0 aromatic heterocycles. The molecule has 0 aliphatic carbocycles. The second-order valence-electron chi connectivity index (χ2n) is 3.19. The zero-order valence-corrected chi connectivity index (χ0v) is 8.45. The first-order chi connectivity index (χ1) is 5.45. The molecular weight excluding hydrogens is 206 g/mol. The van der Waals surface area contributed by atoms with Crippen molar-refractivity contribution in [3.05, 3.63) is 0 Å². The van der Waals surface area contributed by atoms with E-state index in [0.29, 0.717) is 0 Å². The lowest BCUT2D eigenvalue weighted by molar-refractivity contribution is -0.135. The SMILES string of the molecule is CC(C)(CCF)C(Cl)C(=O)OCl. The summed E-state index contributed by atoms with van der Waals surface area (Å²) in [5.41, 5.74) is -0.637. The Labute approximate surface area is 81.1 Å². The Balaban J connectivity index is 4.23. The summed E-state index contributed by atoms with van der Waals surface area (Å²) in [6.45, 7) is 2.84. The maximum atomic E-state index is 12.0. The van der Waals surface area contributed by atoms with Crippen LogP contribution in [0, 0.1) is 5.41 Å². The third kappa shape index (κ3) is 3.15. The number of carbonyl (C=O) groups excluding carboxylic acids is 1. The van der Waals surface area contributed by atoms with Crippen LogP contribution in [0.15, 0.2) is 0 Å². The number of hydrogen-bond acceptors (Lipinski definition) is 2. The Morgan fingerprint density at radius 3 is 2.50 bits per heavy atom. The normalized spacial score (nSPS) is 14.1. The highest BCUT2D eigenvalue weighted by molar-refractivity contribution is 6.32. The van der Waals surface area contributed by atoms with Gasteiger partial charge >= 0.3 is 5.97 Å². The van der Waals surface area contributed by atoms with Crippen molar-refractivity contribution in [2.75, 3.05) is 6.67 Å². The standard InChI is InChI=1S/C7H11Cl2FO2/c1-7(2,3-4-10)5(8)6(11)12-9/h5H,3-4H2,1-2H3. The van der Waals surface area contributed by atoms with Crippen LogP contribution in [-0.2, 0) is 9.08 Å². The monoisotopic (exact) mass is 216 g/mol. The van der Waals surface area contributed by atoms with Crippen molar-refractivity contribution >= 4 is 29.4 Å². The summed E-state index contributed by atoms with van der Waals surface area (Å²) in [5, 5.41) is -0.911. The zero-order chi connectivity index (χ0) is 9.78. The maximum absolute atomic E-state index is 12.0. The second kappa shape index (κ2) is 4.87. The summed E-state index contributed by atoms with van der Waals surface area (Å²) < 4.78 is 15.9. The molecule has 0 rings (SSSR count). The molecule has 0 bridgehead atoms. The molecule has 5 heteroatoms. The molecule has 0 aromatic carbocycles. The predicted molar refractivity (Wildman–Crippen MR) is 46.0 cm³/mol. The van der Waals surface area contributed by atoms with Gasteiger partial charge in [0.1, 0.15) is 17.2 Å². The molecule has 0 saturated carbocycles. The molecule has 0 N–H and O–H groups in total. The number of rotatable bonds is 4. The van der Waals surface area contributed by atoms with Crippen LogP contribution in [0.1, 0.15) is 20.3 Å². The van der Waals surface area contributed by atoms with Gasteiger partial charge in [-0.3, -0.25) is 4.39 Å². The van der Waals surface area contributed by atoms with Gasteiger partial charge in [-0.2, -0.15) is 0 Å². The second-order valence-corrected chi connectivity index (χ2v) is 3.78. The van der Waals surface area contributed by atoms with E-state index in [1.807, 2.05) is 0 Å². The molecule has 0 amide bonds. The van der Waals surface area contributed by atoms with E-state index in [2.05, 4.69) is 4.29 Å². The first-order valence-corrected chi connectivity index (χ1v) is 4.22. The van der Waals surface area contributed by atoms with E-state index in [1.165, 1.54) is 0 Å². The summed E-state index contributed by atoms with van der Waals surface area (Å²) in [6, 6.07) is 0. The van der Waals surface area contributed by atoms with Crippen LogP contribution in [0.3, 0.4) is 0 Å². The van der Waals surface area contributed by atoms with Gasteiger partial charge < -0.3 is 4.29 Å². The molecule has 0 aliphatic heterocycles. The lowest BCUT2D eigenvalue weighted by Crippen LogP contribution is -2.32. The van der Waals surface area contributed by atoms with Gasteiger partial charge in [-0.1, -0.05) is 13.8 Å². The van der Waals surface area contributed by atoms with Gasteiger partial charge in [-0.05, 0) is 11.8 Å². The van der Waals surface area contributed by atoms with Crippen LogP contribution in [0.5, 0.6) is 0 Å². The third-order valence-corrected chi connectivity index (χ3v) is 2.63. The predicted octanol–water partition coefficient (Wildman–Crippen LogP) is 2.68. The highest BCUT2D eigenvalue weighted by Crippen LogP contribution is 2.30. The molecule has 0 fully saturated rings. The van der Waals surface area contributed by atoms with E-state index in [0.717, 1.165) is 0 Å². The van der Waals surface area contributed by atoms with Crippen molar-refractivity contribution in [3.63, 3.8) is 0 Å². The maximum Gasteiger partial charge on any atom is 0.342 e. The largest absolute Gasteiger partial charge is 0.346 e. The Bertz CT molecular complexity index is 161. The Kier molecular flexibility index (Phi) is 4.87. The topological polar surface area (TPSA) is 26.3 Å². The van der Waals surface area contributed by atoms with Crippen LogP contribution in [0.25, 0.3) is 0 Å². The fourth-order valence-corrected chi connectivity index (χ4v) is 1.02. The first kappa shape index (κ1) is 12.0. The molecule has 0 radical (unpaired) electrons. The summed E-state index contributed by atoms with van der Waals surface area (Å²) in [7, 11) is 0. The average Bonchev–Trinajstić information content (AvgIpc) is 2.01. The fourth-order valence-electron chi connectivity index (χ4n) is 0.728. The first-order valence-electron chi connectivity index (χ1n) is 3.48. The molecular formula is C7H11Cl2FO2. The van der Waals surface area contributed by atoms with Gasteiger partial charge in [-0.15, -0.1) is 11.6 Å². The number of carbonyl (C=O) groups is 1. The lowest BCUT2D eigenvalue weighted by Gasteiger charge is -2.25. The zero-order valence-electron chi connectivity index (χ0n) is 6.94. The van der Waals surface area contributed by atoms with Crippen molar-refractivity contribution in [1.82, 2.24) is 0 Å². The minimum Gasteiger partial charge on any atom is -0.346 e. The van der Waals surface area contributed by atoms with Crippen molar-refractivity contribution < 1.29 is 13.5 Å². The van der Waals surface area contributed by atoms with Crippen molar-refractivity contribution in [2.45, 2.75) is 25.6 Å². The van der Waals surface area contributed by atoms with E-state index in [1.54, 1.807) is 13.8 Å². The van der Waals surface area contributed by atoms with E-state index in [-0.39, 0.29) is 6.42 Å².